The van der Waals surface area contributed by atoms with Crippen LogP contribution in [0.3, 0.4) is 0 Å². The smallest absolute Gasteiger partial charge is 0.223 e. The van der Waals surface area contributed by atoms with Crippen LogP contribution in [0.15, 0.2) is 12.3 Å². The summed E-state index contributed by atoms with van der Waals surface area (Å²) in [6, 6.07) is 4.20. The van der Waals surface area contributed by atoms with E-state index >= 15 is 0 Å². The molecular weight excluding hydrogens is 188 g/mol. The van der Waals surface area contributed by atoms with Crippen molar-refractivity contribution >= 4 is 5.95 Å². The van der Waals surface area contributed by atoms with Gasteiger partial charge in [-0.1, -0.05) is 13.3 Å². The lowest BCUT2D eigenvalue weighted by molar-refractivity contribution is 0.683. The third-order valence-corrected chi connectivity index (χ3v) is 2.07. The SMILES string of the molecule is CCCC(C)Nc1nccc(CC#N)n1. The summed E-state index contributed by atoms with van der Waals surface area (Å²) in [4.78, 5) is 8.35. The Bertz CT molecular complexity index is 343. The first kappa shape index (κ1) is 11.4. The van der Waals surface area contributed by atoms with Gasteiger partial charge in [-0.05, 0) is 19.4 Å². The van der Waals surface area contributed by atoms with E-state index in [0.717, 1.165) is 18.5 Å². The first-order chi connectivity index (χ1) is 7.26. The molecule has 80 valence electrons. The van der Waals surface area contributed by atoms with Gasteiger partial charge in [0.25, 0.3) is 0 Å². The maximum atomic E-state index is 8.55. The summed E-state index contributed by atoms with van der Waals surface area (Å²) in [5.41, 5.74) is 0.763. The van der Waals surface area contributed by atoms with Gasteiger partial charge in [0.2, 0.25) is 5.95 Å². The minimum absolute atomic E-state index is 0.333. The van der Waals surface area contributed by atoms with E-state index in [2.05, 4.69) is 35.2 Å². The quantitative estimate of drug-likeness (QED) is 0.798. The largest absolute Gasteiger partial charge is 0.352 e. The van der Waals surface area contributed by atoms with E-state index in [4.69, 9.17) is 5.26 Å². The minimum Gasteiger partial charge on any atom is -0.352 e. The Morgan fingerprint density at radius 2 is 2.40 bits per heavy atom. The Kier molecular flexibility index (Phi) is 4.55. The van der Waals surface area contributed by atoms with Gasteiger partial charge in [-0.25, -0.2) is 9.97 Å². The second-order valence-corrected chi connectivity index (χ2v) is 3.54. The lowest BCUT2D eigenvalue weighted by Crippen LogP contribution is -2.16. The number of nitrogens with one attached hydrogen (secondary N) is 1. The second kappa shape index (κ2) is 5.97. The van der Waals surface area contributed by atoms with Crippen molar-refractivity contribution in [1.29, 1.82) is 5.26 Å². The normalized spacial score (nSPS) is 11.8. The highest BCUT2D eigenvalue weighted by atomic mass is 15.1. The van der Waals surface area contributed by atoms with Gasteiger partial charge < -0.3 is 5.32 Å². The first-order valence-electron chi connectivity index (χ1n) is 5.21. The van der Waals surface area contributed by atoms with E-state index in [-0.39, 0.29) is 0 Å². The Morgan fingerprint density at radius 1 is 1.60 bits per heavy atom. The van der Waals surface area contributed by atoms with Crippen LogP contribution in [-0.2, 0) is 6.42 Å². The van der Waals surface area contributed by atoms with Crippen LogP contribution in [0.1, 0.15) is 32.4 Å². The number of aromatic nitrogens is 2. The van der Waals surface area contributed by atoms with E-state index in [1.807, 2.05) is 0 Å². The molecule has 0 saturated heterocycles. The maximum absolute atomic E-state index is 8.55. The molecule has 1 unspecified atom stereocenters. The number of rotatable bonds is 5. The Labute approximate surface area is 90.4 Å². The molecule has 0 radical (unpaired) electrons. The van der Waals surface area contributed by atoms with Gasteiger partial charge >= 0.3 is 0 Å². The predicted molar refractivity (Wildman–Crippen MR) is 59.3 cm³/mol. The highest BCUT2D eigenvalue weighted by Crippen LogP contribution is 2.05. The number of anilines is 1. The van der Waals surface area contributed by atoms with E-state index in [1.165, 1.54) is 0 Å². The van der Waals surface area contributed by atoms with Crippen molar-refractivity contribution in [3.05, 3.63) is 18.0 Å². The fourth-order valence-electron chi connectivity index (χ4n) is 1.37. The van der Waals surface area contributed by atoms with Gasteiger partial charge in [0.15, 0.2) is 0 Å². The average molecular weight is 204 g/mol. The predicted octanol–water partition coefficient (Wildman–Crippen LogP) is 2.14. The number of nitriles is 1. The number of hydrogen-bond acceptors (Lipinski definition) is 4. The van der Waals surface area contributed by atoms with Crippen LogP contribution in [0.5, 0.6) is 0 Å². The molecule has 0 aliphatic heterocycles. The zero-order chi connectivity index (χ0) is 11.1. The molecule has 0 fully saturated rings. The number of hydrogen-bond donors (Lipinski definition) is 1. The molecule has 0 aromatic carbocycles. The lowest BCUT2D eigenvalue weighted by atomic mass is 10.2. The van der Waals surface area contributed by atoms with Crippen LogP contribution in [0, 0.1) is 11.3 Å². The third kappa shape index (κ3) is 3.94. The van der Waals surface area contributed by atoms with Crippen LogP contribution in [0.2, 0.25) is 0 Å². The first-order valence-corrected chi connectivity index (χ1v) is 5.21. The van der Waals surface area contributed by atoms with Gasteiger partial charge in [0.1, 0.15) is 0 Å². The fourth-order valence-corrected chi connectivity index (χ4v) is 1.37. The maximum Gasteiger partial charge on any atom is 0.223 e. The Hall–Kier alpha value is -1.63. The second-order valence-electron chi connectivity index (χ2n) is 3.54. The van der Waals surface area contributed by atoms with Gasteiger partial charge in [0.05, 0.1) is 18.2 Å². The Morgan fingerprint density at radius 3 is 3.07 bits per heavy atom. The van der Waals surface area contributed by atoms with Crippen LogP contribution in [0.25, 0.3) is 0 Å². The molecule has 4 nitrogen and oxygen atoms in total. The summed E-state index contributed by atoms with van der Waals surface area (Å²) < 4.78 is 0. The van der Waals surface area contributed by atoms with Crippen molar-refractivity contribution in [3.8, 4) is 6.07 Å². The van der Waals surface area contributed by atoms with Crippen LogP contribution >= 0.6 is 0 Å². The lowest BCUT2D eigenvalue weighted by Gasteiger charge is -2.12. The molecule has 0 saturated carbocycles. The van der Waals surface area contributed by atoms with Crippen molar-refractivity contribution in [2.24, 2.45) is 0 Å². The Balaban J connectivity index is 2.61. The molecular formula is C11H16N4. The summed E-state index contributed by atoms with van der Waals surface area (Å²) in [5.74, 6) is 0.615. The zero-order valence-corrected chi connectivity index (χ0v) is 9.20. The molecule has 15 heavy (non-hydrogen) atoms. The van der Waals surface area contributed by atoms with Crippen molar-refractivity contribution in [2.75, 3.05) is 5.32 Å². The topological polar surface area (TPSA) is 61.6 Å². The molecule has 0 spiro atoms. The van der Waals surface area contributed by atoms with Crippen LogP contribution in [-0.4, -0.2) is 16.0 Å². The van der Waals surface area contributed by atoms with Gasteiger partial charge in [-0.2, -0.15) is 5.26 Å². The van der Waals surface area contributed by atoms with Crippen molar-refractivity contribution in [3.63, 3.8) is 0 Å². The molecule has 0 aliphatic rings. The van der Waals surface area contributed by atoms with E-state index in [1.54, 1.807) is 12.3 Å². The molecule has 0 aliphatic carbocycles. The number of nitrogens with zero attached hydrogens (tertiary/aromatic N) is 3. The molecule has 1 rings (SSSR count). The highest BCUT2D eigenvalue weighted by molar-refractivity contribution is 5.27. The van der Waals surface area contributed by atoms with Gasteiger partial charge in [0, 0.05) is 12.2 Å². The standard InChI is InChI=1S/C11H16N4/c1-3-4-9(2)14-11-13-8-6-10(15-11)5-7-12/h6,8-9H,3-5H2,1-2H3,(H,13,14,15). The van der Waals surface area contributed by atoms with Gasteiger partial charge in [-0.15, -0.1) is 0 Å². The van der Waals surface area contributed by atoms with Gasteiger partial charge in [-0.3, -0.25) is 0 Å². The van der Waals surface area contributed by atoms with E-state index in [0.29, 0.717) is 18.4 Å². The zero-order valence-electron chi connectivity index (χ0n) is 9.20. The summed E-state index contributed by atoms with van der Waals surface area (Å²) >= 11 is 0. The summed E-state index contributed by atoms with van der Waals surface area (Å²) in [6.45, 7) is 4.25. The molecule has 1 aromatic heterocycles. The monoisotopic (exact) mass is 204 g/mol. The van der Waals surface area contributed by atoms with Crippen molar-refractivity contribution < 1.29 is 0 Å². The highest BCUT2D eigenvalue weighted by Gasteiger charge is 2.03. The molecule has 1 atom stereocenters. The molecule has 1 N–H and O–H groups in total. The molecule has 0 bridgehead atoms. The van der Waals surface area contributed by atoms with Crippen LogP contribution in [0.4, 0.5) is 5.95 Å². The van der Waals surface area contributed by atoms with Crippen LogP contribution < -0.4 is 5.32 Å². The van der Waals surface area contributed by atoms with E-state index in [9.17, 15) is 0 Å². The molecule has 1 heterocycles. The summed E-state index contributed by atoms with van der Waals surface area (Å²) in [6.07, 6.45) is 4.23. The minimum atomic E-state index is 0.333. The van der Waals surface area contributed by atoms with Crippen molar-refractivity contribution in [1.82, 2.24) is 9.97 Å². The average Bonchev–Trinajstić information content (AvgIpc) is 2.19. The third-order valence-electron chi connectivity index (χ3n) is 2.07. The van der Waals surface area contributed by atoms with E-state index < -0.39 is 0 Å². The van der Waals surface area contributed by atoms with Crippen molar-refractivity contribution in [2.45, 2.75) is 39.2 Å². The fraction of sp³-hybridized carbons (Fsp3) is 0.545. The molecule has 1 aromatic rings. The molecule has 4 heteroatoms. The molecule has 0 amide bonds. The summed E-state index contributed by atoms with van der Waals surface area (Å²) in [5, 5.41) is 11.8. The summed E-state index contributed by atoms with van der Waals surface area (Å²) in [7, 11) is 0.